The summed E-state index contributed by atoms with van der Waals surface area (Å²) in [7, 11) is 0. The van der Waals surface area contributed by atoms with E-state index < -0.39 is 12.6 Å². The number of aromatic hydroxyl groups is 1. The van der Waals surface area contributed by atoms with Gasteiger partial charge in [-0.1, -0.05) is 6.07 Å². The summed E-state index contributed by atoms with van der Waals surface area (Å²) in [6, 6.07) is 6.42. The number of benzene rings is 1. The van der Waals surface area contributed by atoms with Crippen LogP contribution in [0.3, 0.4) is 0 Å². The molecule has 0 radical (unpaired) electrons. The van der Waals surface area contributed by atoms with Crippen LogP contribution in [0.5, 0.6) is 5.75 Å². The van der Waals surface area contributed by atoms with Gasteiger partial charge < -0.3 is 5.11 Å². The molecule has 0 aliphatic carbocycles. The van der Waals surface area contributed by atoms with Crippen LogP contribution in [-0.4, -0.2) is 11.3 Å². The molecule has 1 aromatic rings. The summed E-state index contributed by atoms with van der Waals surface area (Å²) in [6.45, 7) is 0. The minimum absolute atomic E-state index is 0.00268. The molecule has 0 unspecified atom stereocenters. The van der Waals surface area contributed by atoms with Crippen molar-refractivity contribution >= 4 is 0 Å². The first-order valence-corrected chi connectivity index (χ1v) is 5.22. The standard InChI is InChI=1S/C12H12F3NO/c13-12(14,15)7-2-1-5-10-9(8-16)4-3-6-11(10)17/h3-4,6,17H,1-2,5,7H2. The van der Waals surface area contributed by atoms with Crippen LogP contribution in [-0.2, 0) is 6.42 Å². The van der Waals surface area contributed by atoms with Crippen LogP contribution in [0.4, 0.5) is 13.2 Å². The minimum Gasteiger partial charge on any atom is -0.508 e. The number of phenols is 1. The molecule has 0 spiro atoms. The number of nitrogens with zero attached hydrogens (tertiary/aromatic N) is 1. The van der Waals surface area contributed by atoms with Crippen molar-refractivity contribution in [2.45, 2.75) is 31.9 Å². The van der Waals surface area contributed by atoms with E-state index in [0.717, 1.165) is 0 Å². The van der Waals surface area contributed by atoms with Crippen molar-refractivity contribution in [1.82, 2.24) is 0 Å². The third-order valence-electron chi connectivity index (χ3n) is 2.41. The number of alkyl halides is 3. The average Bonchev–Trinajstić information content (AvgIpc) is 2.24. The van der Waals surface area contributed by atoms with Crippen molar-refractivity contribution in [3.63, 3.8) is 0 Å². The number of phenolic OH excluding ortho intramolecular Hbond substituents is 1. The van der Waals surface area contributed by atoms with Gasteiger partial charge in [-0.3, -0.25) is 0 Å². The highest BCUT2D eigenvalue weighted by Gasteiger charge is 2.25. The zero-order chi connectivity index (χ0) is 12.9. The molecule has 0 amide bonds. The highest BCUT2D eigenvalue weighted by atomic mass is 19.4. The fraction of sp³-hybridized carbons (Fsp3) is 0.417. The Labute approximate surface area is 97.3 Å². The van der Waals surface area contributed by atoms with E-state index in [9.17, 15) is 18.3 Å². The van der Waals surface area contributed by atoms with Crippen molar-refractivity contribution in [2.75, 3.05) is 0 Å². The smallest absolute Gasteiger partial charge is 0.389 e. The van der Waals surface area contributed by atoms with Crippen LogP contribution in [0.15, 0.2) is 18.2 Å². The molecule has 0 atom stereocenters. The third kappa shape index (κ3) is 4.35. The molecule has 0 fully saturated rings. The molecule has 17 heavy (non-hydrogen) atoms. The summed E-state index contributed by atoms with van der Waals surface area (Å²) >= 11 is 0. The maximum Gasteiger partial charge on any atom is 0.389 e. The van der Waals surface area contributed by atoms with Crippen LogP contribution in [0, 0.1) is 11.3 Å². The highest BCUT2D eigenvalue weighted by Crippen LogP contribution is 2.26. The Morgan fingerprint density at radius 2 is 1.94 bits per heavy atom. The number of rotatable bonds is 4. The Balaban J connectivity index is 2.55. The lowest BCUT2D eigenvalue weighted by Crippen LogP contribution is -2.06. The minimum atomic E-state index is -4.14. The lowest BCUT2D eigenvalue weighted by Gasteiger charge is -2.08. The highest BCUT2D eigenvalue weighted by molar-refractivity contribution is 5.45. The van der Waals surface area contributed by atoms with Gasteiger partial charge in [0.25, 0.3) is 0 Å². The molecule has 5 heteroatoms. The molecule has 1 N–H and O–H groups in total. The quantitative estimate of drug-likeness (QED) is 0.822. The summed E-state index contributed by atoms with van der Waals surface area (Å²) in [4.78, 5) is 0. The van der Waals surface area contributed by atoms with Crippen molar-refractivity contribution in [3.05, 3.63) is 29.3 Å². The van der Waals surface area contributed by atoms with Crippen LogP contribution in [0.25, 0.3) is 0 Å². The predicted molar refractivity (Wildman–Crippen MR) is 56.4 cm³/mol. The van der Waals surface area contributed by atoms with Gasteiger partial charge in [0.15, 0.2) is 0 Å². The van der Waals surface area contributed by atoms with E-state index in [1.54, 1.807) is 6.07 Å². The normalized spacial score (nSPS) is 11.2. The lowest BCUT2D eigenvalue weighted by molar-refractivity contribution is -0.135. The monoisotopic (exact) mass is 243 g/mol. The van der Waals surface area contributed by atoms with E-state index >= 15 is 0 Å². The van der Waals surface area contributed by atoms with Gasteiger partial charge in [-0.15, -0.1) is 0 Å². The van der Waals surface area contributed by atoms with Gasteiger partial charge >= 0.3 is 6.18 Å². The Morgan fingerprint density at radius 1 is 1.24 bits per heavy atom. The molecule has 1 rings (SSSR count). The van der Waals surface area contributed by atoms with Gasteiger partial charge in [0.05, 0.1) is 11.6 Å². The summed E-state index contributed by atoms with van der Waals surface area (Å²) in [5.41, 5.74) is 0.745. The Bertz CT molecular complexity index is 421. The van der Waals surface area contributed by atoms with Crippen LogP contribution in [0.1, 0.15) is 30.4 Å². The molecule has 1 aromatic carbocycles. The molecule has 0 saturated heterocycles. The lowest BCUT2D eigenvalue weighted by atomic mass is 10.0. The number of halogens is 3. The van der Waals surface area contributed by atoms with Gasteiger partial charge in [-0.2, -0.15) is 18.4 Å². The molecule has 0 bridgehead atoms. The zero-order valence-corrected chi connectivity index (χ0v) is 9.09. The molecule has 0 saturated carbocycles. The van der Waals surface area contributed by atoms with Gasteiger partial charge in [-0.25, -0.2) is 0 Å². The van der Waals surface area contributed by atoms with Gasteiger partial charge in [0.1, 0.15) is 5.75 Å². The Morgan fingerprint density at radius 3 is 2.53 bits per heavy atom. The number of nitriles is 1. The Kier molecular flexibility index (Phi) is 4.38. The second kappa shape index (κ2) is 5.58. The second-order valence-corrected chi connectivity index (χ2v) is 3.74. The van der Waals surface area contributed by atoms with Gasteiger partial charge in [0.2, 0.25) is 0 Å². The summed E-state index contributed by atoms with van der Waals surface area (Å²) in [5.74, 6) is -0.0314. The maximum atomic E-state index is 11.9. The van der Waals surface area contributed by atoms with Crippen molar-refractivity contribution in [3.8, 4) is 11.8 Å². The van der Waals surface area contributed by atoms with E-state index in [-0.39, 0.29) is 18.6 Å². The molecule has 0 aliphatic rings. The van der Waals surface area contributed by atoms with Crippen molar-refractivity contribution in [1.29, 1.82) is 5.26 Å². The summed E-state index contributed by atoms with van der Waals surface area (Å²) in [5, 5.41) is 18.3. The van der Waals surface area contributed by atoms with E-state index in [2.05, 4.69) is 0 Å². The molecule has 0 heterocycles. The fourth-order valence-electron chi connectivity index (χ4n) is 1.57. The summed E-state index contributed by atoms with van der Waals surface area (Å²) < 4.78 is 35.7. The van der Waals surface area contributed by atoms with Gasteiger partial charge in [0, 0.05) is 12.0 Å². The van der Waals surface area contributed by atoms with Crippen LogP contribution < -0.4 is 0 Å². The largest absolute Gasteiger partial charge is 0.508 e. The third-order valence-corrected chi connectivity index (χ3v) is 2.41. The first kappa shape index (κ1) is 13.4. The molecular weight excluding hydrogens is 231 g/mol. The van der Waals surface area contributed by atoms with Crippen LogP contribution in [0.2, 0.25) is 0 Å². The SMILES string of the molecule is N#Cc1cccc(O)c1CCCCC(F)(F)F. The topological polar surface area (TPSA) is 44.0 Å². The zero-order valence-electron chi connectivity index (χ0n) is 9.09. The summed E-state index contributed by atoms with van der Waals surface area (Å²) in [6.07, 6.45) is -4.39. The van der Waals surface area contributed by atoms with Crippen LogP contribution >= 0.6 is 0 Å². The number of unbranched alkanes of at least 4 members (excludes halogenated alkanes) is 1. The molecule has 92 valence electrons. The molecule has 0 aliphatic heterocycles. The fourth-order valence-corrected chi connectivity index (χ4v) is 1.57. The van der Waals surface area contributed by atoms with Crippen molar-refractivity contribution < 1.29 is 18.3 Å². The van der Waals surface area contributed by atoms with E-state index in [0.29, 0.717) is 17.5 Å². The molecule has 2 nitrogen and oxygen atoms in total. The first-order chi connectivity index (χ1) is 7.94. The number of hydrogen-bond acceptors (Lipinski definition) is 2. The number of hydrogen-bond donors (Lipinski definition) is 1. The van der Waals surface area contributed by atoms with E-state index in [1.165, 1.54) is 12.1 Å². The molecular formula is C12H12F3NO. The molecule has 0 aromatic heterocycles. The average molecular weight is 243 g/mol. The van der Waals surface area contributed by atoms with Crippen molar-refractivity contribution in [2.24, 2.45) is 0 Å². The first-order valence-electron chi connectivity index (χ1n) is 5.22. The van der Waals surface area contributed by atoms with E-state index in [1.807, 2.05) is 6.07 Å². The maximum absolute atomic E-state index is 11.9. The second-order valence-electron chi connectivity index (χ2n) is 3.74. The Hall–Kier alpha value is -1.70. The van der Waals surface area contributed by atoms with Gasteiger partial charge in [-0.05, 0) is 31.4 Å². The predicted octanol–water partition coefficient (Wildman–Crippen LogP) is 3.54. The van der Waals surface area contributed by atoms with E-state index in [4.69, 9.17) is 5.26 Å².